The Bertz CT molecular complexity index is 683. The molecule has 1 heterocycles. The highest BCUT2D eigenvalue weighted by Gasteiger charge is 2.12. The van der Waals surface area contributed by atoms with Gasteiger partial charge in [-0.3, -0.25) is 9.48 Å². The monoisotopic (exact) mass is 295 g/mol. The molecular weight excluding hydrogens is 280 g/mol. The Hall–Kier alpha value is -2.44. The highest BCUT2D eigenvalue weighted by Crippen LogP contribution is 2.15. The van der Waals surface area contributed by atoms with Crippen molar-refractivity contribution < 1.29 is 18.3 Å². The lowest BCUT2D eigenvalue weighted by molar-refractivity contribution is -0.145. The minimum Gasteiger partial charge on any atom is -0.459 e. The van der Waals surface area contributed by atoms with Crippen LogP contribution in [0.2, 0.25) is 0 Å². The van der Waals surface area contributed by atoms with Crippen molar-refractivity contribution >= 4 is 11.7 Å². The quantitative estimate of drug-likeness (QED) is 0.877. The van der Waals surface area contributed by atoms with Crippen LogP contribution in [0.1, 0.15) is 17.0 Å². The van der Waals surface area contributed by atoms with Crippen molar-refractivity contribution in [3.63, 3.8) is 0 Å². The predicted octanol–water partition coefficient (Wildman–Crippen LogP) is 2.10. The molecule has 0 radical (unpaired) electrons. The molecule has 0 unspecified atom stereocenters. The van der Waals surface area contributed by atoms with Gasteiger partial charge in [0.1, 0.15) is 13.2 Å². The largest absolute Gasteiger partial charge is 0.459 e. The Morgan fingerprint density at radius 2 is 2.05 bits per heavy atom. The van der Waals surface area contributed by atoms with Crippen LogP contribution in [0.4, 0.5) is 14.5 Å². The molecule has 1 aromatic heterocycles. The highest BCUT2D eigenvalue weighted by molar-refractivity contribution is 5.69. The summed E-state index contributed by atoms with van der Waals surface area (Å²) >= 11 is 0. The third kappa shape index (κ3) is 3.36. The number of ether oxygens (including phenoxy) is 1. The predicted molar refractivity (Wildman–Crippen MR) is 72.3 cm³/mol. The summed E-state index contributed by atoms with van der Waals surface area (Å²) in [5.41, 5.74) is 7.98. The number of carbonyl (C=O) groups excluding carboxylic acids is 1. The van der Waals surface area contributed by atoms with E-state index in [-0.39, 0.29) is 13.2 Å². The van der Waals surface area contributed by atoms with E-state index in [9.17, 15) is 13.6 Å². The fraction of sp³-hybridized carbons (Fsp3) is 0.286. The second-order valence-corrected chi connectivity index (χ2v) is 4.65. The number of benzene rings is 1. The number of carbonyl (C=O) groups is 1. The first-order chi connectivity index (χ1) is 9.88. The van der Waals surface area contributed by atoms with Crippen LogP contribution in [0.5, 0.6) is 0 Å². The first-order valence-electron chi connectivity index (χ1n) is 6.27. The van der Waals surface area contributed by atoms with Gasteiger partial charge in [0.2, 0.25) is 0 Å². The summed E-state index contributed by atoms with van der Waals surface area (Å²) in [6, 6.07) is 3.33. The van der Waals surface area contributed by atoms with E-state index < -0.39 is 17.6 Å². The molecule has 7 heteroatoms. The molecule has 2 aromatic rings. The summed E-state index contributed by atoms with van der Waals surface area (Å²) < 4.78 is 32.2. The van der Waals surface area contributed by atoms with Gasteiger partial charge in [0.05, 0.1) is 17.1 Å². The molecule has 5 nitrogen and oxygen atoms in total. The molecule has 1 aromatic carbocycles. The van der Waals surface area contributed by atoms with Crippen molar-refractivity contribution in [2.75, 3.05) is 5.73 Å². The van der Waals surface area contributed by atoms with Crippen LogP contribution < -0.4 is 5.73 Å². The van der Waals surface area contributed by atoms with Crippen LogP contribution in [-0.4, -0.2) is 15.7 Å². The van der Waals surface area contributed by atoms with Crippen LogP contribution in [0.15, 0.2) is 18.2 Å². The van der Waals surface area contributed by atoms with E-state index in [0.29, 0.717) is 22.6 Å². The van der Waals surface area contributed by atoms with E-state index in [4.69, 9.17) is 10.5 Å². The number of nitrogen functional groups attached to an aromatic ring is 1. The maximum atomic E-state index is 13.0. The molecule has 0 bridgehead atoms. The fourth-order valence-electron chi connectivity index (χ4n) is 1.83. The molecular formula is C14H15F2N3O2. The zero-order chi connectivity index (χ0) is 15.6. The van der Waals surface area contributed by atoms with Crippen LogP contribution in [0.25, 0.3) is 0 Å². The number of esters is 1. The standard InChI is InChI=1S/C14H15F2N3O2/c1-8-14(17)9(2)19(18-8)6-13(20)21-7-10-3-4-11(15)12(16)5-10/h3-5H,6-7,17H2,1-2H3. The number of nitrogens with two attached hydrogens (primary N) is 1. The number of halogens is 2. The second kappa shape index (κ2) is 5.90. The molecule has 0 aliphatic carbocycles. The van der Waals surface area contributed by atoms with E-state index >= 15 is 0 Å². The zero-order valence-electron chi connectivity index (χ0n) is 11.7. The number of aromatic nitrogens is 2. The normalized spacial score (nSPS) is 10.7. The van der Waals surface area contributed by atoms with Crippen molar-refractivity contribution in [1.82, 2.24) is 9.78 Å². The smallest absolute Gasteiger partial charge is 0.328 e. The topological polar surface area (TPSA) is 70.1 Å². The summed E-state index contributed by atoms with van der Waals surface area (Å²) in [7, 11) is 0. The van der Waals surface area contributed by atoms with E-state index in [1.54, 1.807) is 13.8 Å². The molecule has 0 spiro atoms. The van der Waals surface area contributed by atoms with E-state index in [1.165, 1.54) is 10.7 Å². The Morgan fingerprint density at radius 3 is 2.62 bits per heavy atom. The summed E-state index contributed by atoms with van der Waals surface area (Å²) in [6.07, 6.45) is 0. The van der Waals surface area contributed by atoms with Gasteiger partial charge in [-0.25, -0.2) is 8.78 Å². The Morgan fingerprint density at radius 1 is 1.33 bits per heavy atom. The average molecular weight is 295 g/mol. The average Bonchev–Trinajstić information content (AvgIpc) is 2.68. The van der Waals surface area contributed by atoms with E-state index in [1.807, 2.05) is 0 Å². The van der Waals surface area contributed by atoms with Gasteiger partial charge in [-0.2, -0.15) is 5.10 Å². The van der Waals surface area contributed by atoms with Gasteiger partial charge < -0.3 is 10.5 Å². The maximum absolute atomic E-state index is 13.0. The van der Waals surface area contributed by atoms with Gasteiger partial charge in [-0.05, 0) is 31.5 Å². The summed E-state index contributed by atoms with van der Waals surface area (Å²) in [5.74, 6) is -2.46. The molecule has 2 N–H and O–H groups in total. The van der Waals surface area contributed by atoms with E-state index in [2.05, 4.69) is 5.10 Å². The lowest BCUT2D eigenvalue weighted by atomic mass is 10.2. The highest BCUT2D eigenvalue weighted by atomic mass is 19.2. The molecule has 2 rings (SSSR count). The van der Waals surface area contributed by atoms with Crippen LogP contribution >= 0.6 is 0 Å². The molecule has 0 aliphatic heterocycles. The van der Waals surface area contributed by atoms with Gasteiger partial charge in [0, 0.05) is 0 Å². The minimum atomic E-state index is -0.977. The van der Waals surface area contributed by atoms with Gasteiger partial charge in [0.15, 0.2) is 11.6 Å². The van der Waals surface area contributed by atoms with Crippen molar-refractivity contribution in [1.29, 1.82) is 0 Å². The van der Waals surface area contributed by atoms with Gasteiger partial charge in [0.25, 0.3) is 0 Å². The molecule has 112 valence electrons. The molecule has 21 heavy (non-hydrogen) atoms. The zero-order valence-corrected chi connectivity index (χ0v) is 11.7. The number of hydrogen-bond donors (Lipinski definition) is 1. The van der Waals surface area contributed by atoms with Crippen molar-refractivity contribution in [3.8, 4) is 0 Å². The van der Waals surface area contributed by atoms with Gasteiger partial charge in [-0.15, -0.1) is 0 Å². The van der Waals surface area contributed by atoms with Crippen LogP contribution in [0, 0.1) is 25.5 Å². The molecule has 0 fully saturated rings. The SMILES string of the molecule is Cc1nn(CC(=O)OCc2ccc(F)c(F)c2)c(C)c1N. The molecule has 0 atom stereocenters. The summed E-state index contributed by atoms with van der Waals surface area (Å²) in [5, 5.41) is 4.11. The number of aryl methyl sites for hydroxylation is 1. The Kier molecular flexibility index (Phi) is 4.21. The van der Waals surface area contributed by atoms with Crippen molar-refractivity contribution in [3.05, 3.63) is 46.8 Å². The number of rotatable bonds is 4. The molecule has 0 saturated heterocycles. The summed E-state index contributed by atoms with van der Waals surface area (Å²) in [6.45, 7) is 3.27. The first kappa shape index (κ1) is 15.0. The van der Waals surface area contributed by atoms with Crippen molar-refractivity contribution in [2.24, 2.45) is 0 Å². The fourth-order valence-corrected chi connectivity index (χ4v) is 1.83. The number of anilines is 1. The maximum Gasteiger partial charge on any atom is 0.328 e. The third-order valence-corrected chi connectivity index (χ3v) is 3.10. The third-order valence-electron chi connectivity index (χ3n) is 3.10. The van der Waals surface area contributed by atoms with Gasteiger partial charge >= 0.3 is 5.97 Å². The minimum absolute atomic E-state index is 0.0897. The van der Waals surface area contributed by atoms with Crippen LogP contribution in [0.3, 0.4) is 0 Å². The van der Waals surface area contributed by atoms with Crippen LogP contribution in [-0.2, 0) is 22.7 Å². The first-order valence-corrected chi connectivity index (χ1v) is 6.27. The number of nitrogens with zero attached hydrogens (tertiary/aromatic N) is 2. The van der Waals surface area contributed by atoms with Crippen molar-refractivity contribution in [2.45, 2.75) is 27.0 Å². The molecule has 0 aliphatic rings. The van der Waals surface area contributed by atoms with E-state index in [0.717, 1.165) is 12.1 Å². The second-order valence-electron chi connectivity index (χ2n) is 4.65. The lowest BCUT2D eigenvalue weighted by Crippen LogP contribution is -2.15. The Balaban J connectivity index is 1.95. The van der Waals surface area contributed by atoms with Gasteiger partial charge in [-0.1, -0.05) is 6.07 Å². The molecule has 0 amide bonds. The summed E-state index contributed by atoms with van der Waals surface area (Å²) in [4.78, 5) is 11.7. The number of hydrogen-bond acceptors (Lipinski definition) is 4. The molecule has 0 saturated carbocycles. The Labute approximate surface area is 120 Å². The lowest BCUT2D eigenvalue weighted by Gasteiger charge is -2.07.